The minimum atomic E-state index is -3.52. The second-order valence-electron chi connectivity index (χ2n) is 5.34. The molecular formula is C16H24N4O3S2. The minimum Gasteiger partial charge on any atom is -0.358 e. The zero-order valence-corrected chi connectivity index (χ0v) is 16.6. The predicted octanol–water partition coefficient (Wildman–Crippen LogP) is 1.92. The summed E-state index contributed by atoms with van der Waals surface area (Å²) in [5.74, 6) is 0.189. The molecule has 9 heteroatoms. The van der Waals surface area contributed by atoms with E-state index in [1.165, 1.54) is 16.1 Å². The van der Waals surface area contributed by atoms with Crippen molar-refractivity contribution in [2.45, 2.75) is 37.4 Å². The third-order valence-corrected chi connectivity index (χ3v) is 6.98. The van der Waals surface area contributed by atoms with E-state index < -0.39 is 10.0 Å². The molecule has 0 saturated carbocycles. The number of benzene rings is 1. The predicted molar refractivity (Wildman–Crippen MR) is 100 cm³/mol. The lowest BCUT2D eigenvalue weighted by molar-refractivity contribution is -0.118. The number of nitrogens with one attached hydrogen (secondary N) is 1. The first kappa shape index (κ1) is 19.7. The number of thioether (sulfide) groups is 1. The van der Waals surface area contributed by atoms with Gasteiger partial charge in [0, 0.05) is 26.7 Å². The minimum absolute atomic E-state index is 0.0792. The zero-order chi connectivity index (χ0) is 18.6. The Labute approximate surface area is 152 Å². The molecule has 1 N–H and O–H groups in total. The number of hydrogen-bond acceptors (Lipinski definition) is 5. The smallest absolute Gasteiger partial charge is 0.243 e. The van der Waals surface area contributed by atoms with Crippen LogP contribution in [0, 0.1) is 0 Å². The van der Waals surface area contributed by atoms with Gasteiger partial charge in [0.15, 0.2) is 5.16 Å². The molecule has 0 spiro atoms. The number of hydrogen-bond donors (Lipinski definition) is 1. The summed E-state index contributed by atoms with van der Waals surface area (Å²) in [7, 11) is -1.93. The maximum absolute atomic E-state index is 12.7. The van der Waals surface area contributed by atoms with E-state index in [0.717, 1.165) is 5.52 Å². The van der Waals surface area contributed by atoms with Gasteiger partial charge in [-0.05, 0) is 25.1 Å². The van der Waals surface area contributed by atoms with Gasteiger partial charge in [0.05, 0.1) is 21.7 Å². The average molecular weight is 385 g/mol. The van der Waals surface area contributed by atoms with Crippen molar-refractivity contribution < 1.29 is 13.2 Å². The van der Waals surface area contributed by atoms with E-state index in [1.54, 1.807) is 25.2 Å². The third kappa shape index (κ3) is 3.99. The Balaban J connectivity index is 2.45. The summed E-state index contributed by atoms with van der Waals surface area (Å²) >= 11 is 1.34. The monoisotopic (exact) mass is 384 g/mol. The lowest BCUT2D eigenvalue weighted by Crippen LogP contribution is -2.30. The standard InChI is InChI=1S/C16H24N4O3S2/c1-5-19(6-2)25(22,23)12-8-9-14-13(10-12)18-16(20(14)7-3)24-11-15(21)17-4/h8-10H,5-7,11H2,1-4H3,(H,17,21). The highest BCUT2D eigenvalue weighted by Crippen LogP contribution is 2.27. The molecule has 1 heterocycles. The Kier molecular flexibility index (Phi) is 6.47. The first-order chi connectivity index (χ1) is 11.9. The van der Waals surface area contributed by atoms with Gasteiger partial charge in [-0.25, -0.2) is 13.4 Å². The van der Waals surface area contributed by atoms with Crippen molar-refractivity contribution >= 4 is 38.7 Å². The van der Waals surface area contributed by atoms with Crippen molar-refractivity contribution in [2.75, 3.05) is 25.9 Å². The van der Waals surface area contributed by atoms with Crippen LogP contribution in [-0.2, 0) is 21.4 Å². The molecule has 7 nitrogen and oxygen atoms in total. The topological polar surface area (TPSA) is 84.3 Å². The van der Waals surface area contributed by atoms with Gasteiger partial charge in [-0.1, -0.05) is 25.6 Å². The fourth-order valence-corrected chi connectivity index (χ4v) is 5.01. The molecule has 25 heavy (non-hydrogen) atoms. The number of amides is 1. The van der Waals surface area contributed by atoms with Gasteiger partial charge < -0.3 is 9.88 Å². The maximum atomic E-state index is 12.7. The molecule has 0 unspecified atom stereocenters. The molecule has 1 aromatic heterocycles. The van der Waals surface area contributed by atoms with Crippen LogP contribution in [-0.4, -0.2) is 54.1 Å². The molecule has 0 bridgehead atoms. The molecule has 0 radical (unpaired) electrons. The highest BCUT2D eigenvalue weighted by molar-refractivity contribution is 7.99. The molecule has 2 rings (SSSR count). The molecule has 138 valence electrons. The van der Waals surface area contributed by atoms with Gasteiger partial charge in [-0.2, -0.15) is 4.31 Å². The summed E-state index contributed by atoms with van der Waals surface area (Å²) in [5, 5.41) is 3.29. The molecule has 0 saturated heterocycles. The van der Waals surface area contributed by atoms with Crippen molar-refractivity contribution in [3.05, 3.63) is 18.2 Å². The first-order valence-electron chi connectivity index (χ1n) is 8.22. The van der Waals surface area contributed by atoms with Crippen LogP contribution in [0.5, 0.6) is 0 Å². The van der Waals surface area contributed by atoms with Crippen LogP contribution in [0.1, 0.15) is 20.8 Å². The van der Waals surface area contributed by atoms with Crippen LogP contribution < -0.4 is 5.32 Å². The van der Waals surface area contributed by atoms with Crippen molar-refractivity contribution in [3.8, 4) is 0 Å². The van der Waals surface area contributed by atoms with E-state index in [-0.39, 0.29) is 16.6 Å². The highest BCUT2D eigenvalue weighted by atomic mass is 32.2. The van der Waals surface area contributed by atoms with Gasteiger partial charge in [-0.3, -0.25) is 4.79 Å². The largest absolute Gasteiger partial charge is 0.358 e. The molecule has 0 atom stereocenters. The molecule has 0 fully saturated rings. The molecule has 0 aliphatic heterocycles. The number of fused-ring (bicyclic) bond motifs is 1. The lowest BCUT2D eigenvalue weighted by Gasteiger charge is -2.18. The Morgan fingerprint density at radius 3 is 2.52 bits per heavy atom. The molecule has 2 aromatic rings. The number of imidazole rings is 1. The lowest BCUT2D eigenvalue weighted by atomic mass is 10.3. The summed E-state index contributed by atoms with van der Waals surface area (Å²) in [6.45, 7) is 7.17. The van der Waals surface area contributed by atoms with Gasteiger partial charge >= 0.3 is 0 Å². The Hall–Kier alpha value is -1.58. The van der Waals surface area contributed by atoms with E-state index in [0.29, 0.717) is 30.3 Å². The van der Waals surface area contributed by atoms with Crippen molar-refractivity contribution in [1.29, 1.82) is 0 Å². The number of carbonyl (C=O) groups is 1. The summed E-state index contributed by atoms with van der Waals surface area (Å²) in [6, 6.07) is 5.02. The third-order valence-electron chi connectivity index (χ3n) is 3.96. The SMILES string of the molecule is CCN(CC)S(=O)(=O)c1ccc2c(c1)nc(SCC(=O)NC)n2CC. The van der Waals surface area contributed by atoms with Crippen LogP contribution in [0.25, 0.3) is 11.0 Å². The van der Waals surface area contributed by atoms with Crippen LogP contribution in [0.4, 0.5) is 0 Å². The quantitative estimate of drug-likeness (QED) is 0.703. The van der Waals surface area contributed by atoms with Gasteiger partial charge in [0.2, 0.25) is 15.9 Å². The van der Waals surface area contributed by atoms with E-state index in [2.05, 4.69) is 10.3 Å². The summed E-state index contributed by atoms with van der Waals surface area (Å²) in [4.78, 5) is 16.3. The molecule has 1 amide bonds. The Morgan fingerprint density at radius 2 is 1.96 bits per heavy atom. The summed E-state index contributed by atoms with van der Waals surface area (Å²) < 4.78 is 28.8. The molecular weight excluding hydrogens is 360 g/mol. The normalized spacial score (nSPS) is 12.0. The van der Waals surface area contributed by atoms with Gasteiger partial charge in [0.25, 0.3) is 0 Å². The summed E-state index contributed by atoms with van der Waals surface area (Å²) in [5.41, 5.74) is 1.48. The van der Waals surface area contributed by atoms with Crippen LogP contribution in [0.2, 0.25) is 0 Å². The number of rotatable bonds is 8. The fraction of sp³-hybridized carbons (Fsp3) is 0.500. The number of aryl methyl sites for hydroxylation is 1. The van der Waals surface area contributed by atoms with Crippen LogP contribution >= 0.6 is 11.8 Å². The molecule has 0 aliphatic rings. The zero-order valence-electron chi connectivity index (χ0n) is 14.9. The van der Waals surface area contributed by atoms with E-state index in [1.807, 2.05) is 25.3 Å². The number of carbonyl (C=O) groups excluding carboxylic acids is 1. The molecule has 0 aliphatic carbocycles. The van der Waals surface area contributed by atoms with Gasteiger partial charge in [0.1, 0.15) is 0 Å². The van der Waals surface area contributed by atoms with Gasteiger partial charge in [-0.15, -0.1) is 0 Å². The second-order valence-corrected chi connectivity index (χ2v) is 8.22. The number of sulfonamides is 1. The summed E-state index contributed by atoms with van der Waals surface area (Å²) in [6.07, 6.45) is 0. The second kappa shape index (κ2) is 8.20. The van der Waals surface area contributed by atoms with E-state index in [9.17, 15) is 13.2 Å². The maximum Gasteiger partial charge on any atom is 0.243 e. The molecule has 1 aromatic carbocycles. The highest BCUT2D eigenvalue weighted by Gasteiger charge is 2.23. The van der Waals surface area contributed by atoms with E-state index in [4.69, 9.17) is 0 Å². The Bertz CT molecular complexity index is 858. The van der Waals surface area contributed by atoms with E-state index >= 15 is 0 Å². The van der Waals surface area contributed by atoms with Crippen LogP contribution in [0.3, 0.4) is 0 Å². The fourth-order valence-electron chi connectivity index (χ4n) is 2.58. The van der Waals surface area contributed by atoms with Crippen molar-refractivity contribution in [3.63, 3.8) is 0 Å². The van der Waals surface area contributed by atoms with Crippen molar-refractivity contribution in [2.24, 2.45) is 0 Å². The van der Waals surface area contributed by atoms with Crippen LogP contribution in [0.15, 0.2) is 28.3 Å². The number of aromatic nitrogens is 2. The number of nitrogens with zero attached hydrogens (tertiary/aromatic N) is 3. The van der Waals surface area contributed by atoms with Crippen molar-refractivity contribution in [1.82, 2.24) is 19.2 Å². The first-order valence-corrected chi connectivity index (χ1v) is 10.6. The Morgan fingerprint density at radius 1 is 1.28 bits per heavy atom. The average Bonchev–Trinajstić information content (AvgIpc) is 2.96.